The largest absolute Gasteiger partial charge is 0.352 e. The first-order valence-corrected chi connectivity index (χ1v) is 10.2. The van der Waals surface area contributed by atoms with Gasteiger partial charge < -0.3 is 5.32 Å². The van der Waals surface area contributed by atoms with Crippen LogP contribution >= 0.6 is 11.6 Å². The van der Waals surface area contributed by atoms with Gasteiger partial charge in [0.05, 0.1) is 0 Å². The molecule has 0 radical (unpaired) electrons. The third-order valence-corrected chi connectivity index (χ3v) is 5.90. The first kappa shape index (κ1) is 18.7. The van der Waals surface area contributed by atoms with Crippen LogP contribution in [0.4, 0.5) is 0 Å². The lowest BCUT2D eigenvalue weighted by atomic mass is 9.89. The molecule has 0 unspecified atom stereocenters. The zero-order chi connectivity index (χ0) is 17.8. The number of nitrogens with one attached hydrogen (secondary N) is 1. The van der Waals surface area contributed by atoms with Crippen molar-refractivity contribution in [3.05, 3.63) is 34.9 Å². The molecule has 0 bridgehead atoms. The monoisotopic (exact) mass is 362 g/mol. The van der Waals surface area contributed by atoms with Gasteiger partial charge in [-0.3, -0.25) is 9.69 Å². The molecule has 1 heterocycles. The van der Waals surface area contributed by atoms with E-state index in [1.807, 2.05) is 24.3 Å². The average molecular weight is 363 g/mol. The van der Waals surface area contributed by atoms with E-state index in [1.54, 1.807) is 0 Å². The van der Waals surface area contributed by atoms with Gasteiger partial charge in [-0.05, 0) is 48.8 Å². The summed E-state index contributed by atoms with van der Waals surface area (Å²) in [5, 5.41) is 4.06. The van der Waals surface area contributed by atoms with Crippen molar-refractivity contribution in [1.29, 1.82) is 0 Å². The third kappa shape index (κ3) is 4.98. The molecule has 3 nitrogen and oxygen atoms in total. The smallest absolute Gasteiger partial charge is 0.242 e. The number of carbonyl (C=O) groups is 1. The van der Waals surface area contributed by atoms with Gasteiger partial charge in [-0.1, -0.05) is 56.8 Å². The quantitative estimate of drug-likeness (QED) is 0.833. The van der Waals surface area contributed by atoms with Gasteiger partial charge >= 0.3 is 0 Å². The molecular formula is C21H31ClN2O. The Morgan fingerprint density at radius 3 is 2.28 bits per heavy atom. The molecule has 2 fully saturated rings. The Bertz CT molecular complexity index is 558. The highest BCUT2D eigenvalue weighted by molar-refractivity contribution is 6.30. The first-order chi connectivity index (χ1) is 12.0. The van der Waals surface area contributed by atoms with Crippen LogP contribution < -0.4 is 5.32 Å². The van der Waals surface area contributed by atoms with E-state index in [9.17, 15) is 4.79 Å². The number of benzene rings is 1. The van der Waals surface area contributed by atoms with Crippen LogP contribution in [0.25, 0.3) is 0 Å². The van der Waals surface area contributed by atoms with Crippen LogP contribution in [0, 0.1) is 11.8 Å². The fourth-order valence-corrected chi connectivity index (χ4v) is 4.75. The maximum absolute atomic E-state index is 13.2. The highest BCUT2D eigenvalue weighted by atomic mass is 35.5. The summed E-state index contributed by atoms with van der Waals surface area (Å²) >= 11 is 6.07. The SMILES string of the molecule is C[C@@H]1C[C@@H](C)CN([C@H](C(=O)NC2CCCCC2)c2ccc(Cl)cc2)C1. The van der Waals surface area contributed by atoms with Crippen molar-refractivity contribution in [1.82, 2.24) is 10.2 Å². The van der Waals surface area contributed by atoms with Crippen molar-refractivity contribution in [2.45, 2.75) is 64.5 Å². The number of rotatable bonds is 4. The normalized spacial score (nSPS) is 27.0. The fourth-order valence-electron chi connectivity index (χ4n) is 4.62. The molecular weight excluding hydrogens is 332 g/mol. The zero-order valence-electron chi connectivity index (χ0n) is 15.5. The molecule has 2 aliphatic rings. The Morgan fingerprint density at radius 1 is 1.08 bits per heavy atom. The van der Waals surface area contributed by atoms with Crippen molar-refractivity contribution in [2.24, 2.45) is 11.8 Å². The summed E-state index contributed by atoms with van der Waals surface area (Å²) in [5.41, 5.74) is 1.05. The van der Waals surface area contributed by atoms with Crippen LogP contribution in [0.1, 0.15) is 64.0 Å². The number of amides is 1. The number of hydrogen-bond acceptors (Lipinski definition) is 2. The van der Waals surface area contributed by atoms with Crippen molar-refractivity contribution < 1.29 is 4.79 Å². The minimum atomic E-state index is -0.204. The maximum Gasteiger partial charge on any atom is 0.242 e. The third-order valence-electron chi connectivity index (χ3n) is 5.65. The molecule has 0 spiro atoms. The summed E-state index contributed by atoms with van der Waals surface area (Å²) < 4.78 is 0. The predicted octanol–water partition coefficient (Wildman–Crippen LogP) is 4.81. The molecule has 25 heavy (non-hydrogen) atoms. The second kappa shape index (κ2) is 8.55. The van der Waals surface area contributed by atoms with Crippen LogP contribution in [-0.4, -0.2) is 29.9 Å². The molecule has 3 atom stereocenters. The number of carbonyl (C=O) groups excluding carboxylic acids is 1. The summed E-state index contributed by atoms with van der Waals surface area (Å²) in [6, 6.07) is 7.96. The fraction of sp³-hybridized carbons (Fsp3) is 0.667. The Hall–Kier alpha value is -1.06. The van der Waals surface area contributed by atoms with Crippen LogP contribution in [0.5, 0.6) is 0 Å². The van der Waals surface area contributed by atoms with Crippen molar-refractivity contribution in [2.75, 3.05) is 13.1 Å². The highest BCUT2D eigenvalue weighted by Crippen LogP contribution is 2.31. The number of halogens is 1. The lowest BCUT2D eigenvalue weighted by molar-refractivity contribution is -0.128. The molecule has 1 N–H and O–H groups in total. The van der Waals surface area contributed by atoms with Gasteiger partial charge in [0.25, 0.3) is 0 Å². The average Bonchev–Trinajstić information content (AvgIpc) is 2.57. The van der Waals surface area contributed by atoms with Crippen LogP contribution in [0.2, 0.25) is 5.02 Å². The molecule has 1 aliphatic carbocycles. The lowest BCUT2D eigenvalue weighted by Crippen LogP contribution is -2.49. The first-order valence-electron chi connectivity index (χ1n) is 9.83. The van der Waals surface area contributed by atoms with E-state index in [0.717, 1.165) is 36.5 Å². The van der Waals surface area contributed by atoms with Crippen molar-refractivity contribution >= 4 is 17.5 Å². The van der Waals surface area contributed by atoms with Gasteiger partial charge in [-0.2, -0.15) is 0 Å². The lowest BCUT2D eigenvalue weighted by Gasteiger charge is -2.40. The van der Waals surface area contributed by atoms with Gasteiger partial charge in [0.1, 0.15) is 6.04 Å². The van der Waals surface area contributed by atoms with Gasteiger partial charge in [0.2, 0.25) is 5.91 Å². The van der Waals surface area contributed by atoms with Crippen LogP contribution in [-0.2, 0) is 4.79 Å². The zero-order valence-corrected chi connectivity index (χ0v) is 16.3. The number of piperidine rings is 1. The topological polar surface area (TPSA) is 32.3 Å². The number of likely N-dealkylation sites (tertiary alicyclic amines) is 1. The summed E-state index contributed by atoms with van der Waals surface area (Å²) in [6.45, 7) is 6.55. The highest BCUT2D eigenvalue weighted by Gasteiger charge is 2.33. The summed E-state index contributed by atoms with van der Waals surface area (Å²) in [4.78, 5) is 15.6. The minimum absolute atomic E-state index is 0.163. The van der Waals surface area contributed by atoms with E-state index in [2.05, 4.69) is 24.1 Å². The van der Waals surface area contributed by atoms with E-state index in [1.165, 1.54) is 25.7 Å². The van der Waals surface area contributed by atoms with Crippen molar-refractivity contribution in [3.8, 4) is 0 Å². The molecule has 3 rings (SSSR count). The Labute approximate surface area is 157 Å². The standard InChI is InChI=1S/C21H31ClN2O/c1-15-12-16(2)14-24(13-15)20(17-8-10-18(22)11-9-17)21(25)23-19-6-4-3-5-7-19/h8-11,15-16,19-20H,3-7,12-14H2,1-2H3,(H,23,25)/t15-,16-,20+/m1/s1. The van der Waals surface area contributed by atoms with Gasteiger partial charge in [0, 0.05) is 24.2 Å². The number of nitrogens with zero attached hydrogens (tertiary/aromatic N) is 1. The van der Waals surface area contributed by atoms with E-state index < -0.39 is 0 Å². The van der Waals surface area contributed by atoms with Crippen LogP contribution in [0.3, 0.4) is 0 Å². The summed E-state index contributed by atoms with van der Waals surface area (Å²) in [6.07, 6.45) is 7.24. The van der Waals surface area contributed by atoms with Crippen LogP contribution in [0.15, 0.2) is 24.3 Å². The molecule has 1 aromatic carbocycles. The summed E-state index contributed by atoms with van der Waals surface area (Å²) in [7, 11) is 0. The van der Waals surface area contributed by atoms with Crippen molar-refractivity contribution in [3.63, 3.8) is 0 Å². The molecule has 1 aliphatic heterocycles. The Kier molecular flexibility index (Phi) is 6.40. The Balaban J connectivity index is 1.80. The second-order valence-electron chi connectivity index (χ2n) is 8.20. The molecule has 0 aromatic heterocycles. The maximum atomic E-state index is 13.2. The molecule has 1 saturated heterocycles. The van der Waals surface area contributed by atoms with E-state index in [0.29, 0.717) is 17.9 Å². The van der Waals surface area contributed by atoms with Gasteiger partial charge in [-0.25, -0.2) is 0 Å². The minimum Gasteiger partial charge on any atom is -0.352 e. The van der Waals surface area contributed by atoms with Gasteiger partial charge in [0.15, 0.2) is 0 Å². The van der Waals surface area contributed by atoms with Gasteiger partial charge in [-0.15, -0.1) is 0 Å². The second-order valence-corrected chi connectivity index (χ2v) is 8.63. The molecule has 4 heteroatoms. The number of hydrogen-bond donors (Lipinski definition) is 1. The van der Waals surface area contributed by atoms with E-state index in [-0.39, 0.29) is 11.9 Å². The van der Waals surface area contributed by atoms with E-state index in [4.69, 9.17) is 11.6 Å². The predicted molar refractivity (Wildman–Crippen MR) is 104 cm³/mol. The molecule has 1 amide bonds. The molecule has 138 valence electrons. The molecule has 1 aromatic rings. The van der Waals surface area contributed by atoms with E-state index >= 15 is 0 Å². The Morgan fingerprint density at radius 2 is 1.68 bits per heavy atom. The summed E-state index contributed by atoms with van der Waals surface area (Å²) in [5.74, 6) is 1.41. The molecule has 1 saturated carbocycles.